The topological polar surface area (TPSA) is 101 Å². The van der Waals surface area contributed by atoms with E-state index in [1.54, 1.807) is 0 Å². The van der Waals surface area contributed by atoms with Crippen LogP contribution in [0.1, 0.15) is 19.3 Å². The molecule has 5 atom stereocenters. The third-order valence-electron chi connectivity index (χ3n) is 7.52. The van der Waals surface area contributed by atoms with Crippen LogP contribution in [0.5, 0.6) is 0 Å². The van der Waals surface area contributed by atoms with Crippen molar-refractivity contribution in [3.8, 4) is 0 Å². The average molecular weight is 420 g/mol. The van der Waals surface area contributed by atoms with Gasteiger partial charge in [-0.05, 0) is 55.1 Å². The maximum absolute atomic E-state index is 13.0. The van der Waals surface area contributed by atoms with Gasteiger partial charge in [-0.15, -0.1) is 0 Å². The van der Waals surface area contributed by atoms with Gasteiger partial charge in [0.2, 0.25) is 5.91 Å². The first-order valence-corrected chi connectivity index (χ1v) is 12.2. The number of benzene rings is 1. The fourth-order valence-corrected chi connectivity index (χ4v) is 6.82. The minimum Gasteiger partial charge on any atom is -0.362 e. The number of carbonyl (C=O) groups is 1. The van der Waals surface area contributed by atoms with Crippen LogP contribution in [0.3, 0.4) is 0 Å². The number of nitro groups is 1. The third-order valence-corrected chi connectivity index (χ3v) is 8.63. The summed E-state index contributed by atoms with van der Waals surface area (Å²) >= 11 is 0. The van der Waals surface area contributed by atoms with Crippen molar-refractivity contribution < 1.29 is 18.1 Å². The van der Waals surface area contributed by atoms with Gasteiger partial charge in [0, 0.05) is 44.4 Å². The molecule has 1 aliphatic heterocycles. The van der Waals surface area contributed by atoms with Crippen LogP contribution >= 0.6 is 0 Å². The van der Waals surface area contributed by atoms with Gasteiger partial charge in [-0.2, -0.15) is 0 Å². The largest absolute Gasteiger partial charge is 0.362 e. The van der Waals surface area contributed by atoms with Crippen molar-refractivity contribution in [2.45, 2.75) is 24.2 Å². The lowest BCUT2D eigenvalue weighted by Crippen LogP contribution is -2.49. The Morgan fingerprint density at radius 3 is 2.28 bits per heavy atom. The van der Waals surface area contributed by atoms with E-state index in [1.807, 2.05) is 9.80 Å². The summed E-state index contributed by atoms with van der Waals surface area (Å²) in [6.07, 6.45) is 4.93. The Balaban J connectivity index is 1.27. The molecule has 4 fully saturated rings. The number of fused-ring (bicyclic) bond motifs is 5. The van der Waals surface area contributed by atoms with Crippen molar-refractivity contribution in [2.24, 2.45) is 29.6 Å². The molecular weight excluding hydrogens is 394 g/mol. The maximum Gasteiger partial charge on any atom is 0.293 e. The highest BCUT2D eigenvalue weighted by molar-refractivity contribution is 7.90. The predicted octanol–water partition coefficient (Wildman–Crippen LogP) is 1.94. The highest BCUT2D eigenvalue weighted by atomic mass is 32.2. The maximum atomic E-state index is 13.0. The quantitative estimate of drug-likeness (QED) is 0.546. The zero-order valence-electron chi connectivity index (χ0n) is 16.4. The van der Waals surface area contributed by atoms with Crippen LogP contribution in [0.15, 0.2) is 23.1 Å². The Kier molecular flexibility index (Phi) is 4.17. The van der Waals surface area contributed by atoms with Gasteiger partial charge in [0.25, 0.3) is 5.69 Å². The summed E-state index contributed by atoms with van der Waals surface area (Å²) in [5.41, 5.74) is 0.205. The van der Waals surface area contributed by atoms with Gasteiger partial charge in [-0.25, -0.2) is 8.42 Å². The molecule has 3 aliphatic carbocycles. The van der Waals surface area contributed by atoms with E-state index in [0.29, 0.717) is 43.7 Å². The molecule has 156 valence electrons. The van der Waals surface area contributed by atoms with Crippen LogP contribution in [0.25, 0.3) is 0 Å². The van der Waals surface area contributed by atoms with Crippen molar-refractivity contribution in [1.82, 2.24) is 4.90 Å². The number of nitrogens with zero attached hydrogens (tertiary/aromatic N) is 3. The van der Waals surface area contributed by atoms with Crippen molar-refractivity contribution in [2.75, 3.05) is 37.3 Å². The number of carbonyl (C=O) groups excluding carboxylic acids is 1. The lowest BCUT2D eigenvalue weighted by Gasteiger charge is -2.36. The van der Waals surface area contributed by atoms with Gasteiger partial charge in [-0.3, -0.25) is 14.9 Å². The van der Waals surface area contributed by atoms with Crippen molar-refractivity contribution in [3.63, 3.8) is 0 Å². The molecule has 8 nitrogen and oxygen atoms in total. The molecule has 5 rings (SSSR count). The summed E-state index contributed by atoms with van der Waals surface area (Å²) < 4.78 is 23.5. The summed E-state index contributed by atoms with van der Waals surface area (Å²) in [4.78, 5) is 27.7. The minimum atomic E-state index is -3.52. The molecule has 0 spiro atoms. The lowest BCUT2D eigenvalue weighted by molar-refractivity contribution is -0.384. The monoisotopic (exact) mass is 419 g/mol. The summed E-state index contributed by atoms with van der Waals surface area (Å²) in [5.74, 6) is 3.25. The zero-order chi connectivity index (χ0) is 20.5. The first-order valence-electron chi connectivity index (χ1n) is 10.3. The van der Waals surface area contributed by atoms with Crippen LogP contribution in [0, 0.1) is 39.7 Å². The van der Waals surface area contributed by atoms with Gasteiger partial charge in [0.05, 0.1) is 9.82 Å². The molecule has 1 saturated heterocycles. The molecule has 0 N–H and O–H groups in total. The van der Waals surface area contributed by atoms with Crippen molar-refractivity contribution in [1.29, 1.82) is 0 Å². The molecule has 0 aromatic heterocycles. The Bertz CT molecular complexity index is 970. The Labute approximate surface area is 169 Å². The van der Waals surface area contributed by atoms with Gasteiger partial charge in [0.15, 0.2) is 9.84 Å². The normalized spacial score (nSPS) is 32.9. The fraction of sp³-hybridized carbons (Fsp3) is 0.650. The van der Waals surface area contributed by atoms with Crippen LogP contribution in [0.4, 0.5) is 11.4 Å². The van der Waals surface area contributed by atoms with Gasteiger partial charge >= 0.3 is 0 Å². The first-order chi connectivity index (χ1) is 13.8. The molecule has 1 heterocycles. The molecule has 0 radical (unpaired) electrons. The number of nitro benzene ring substituents is 1. The number of anilines is 1. The smallest absolute Gasteiger partial charge is 0.293 e. The highest BCUT2D eigenvalue weighted by Crippen LogP contribution is 2.69. The van der Waals surface area contributed by atoms with Crippen LogP contribution in [0.2, 0.25) is 0 Å². The van der Waals surface area contributed by atoms with Crippen LogP contribution in [-0.4, -0.2) is 56.6 Å². The third kappa shape index (κ3) is 3.01. The van der Waals surface area contributed by atoms with E-state index in [4.69, 9.17) is 0 Å². The lowest BCUT2D eigenvalue weighted by atomic mass is 10.0. The number of hydrogen-bond donors (Lipinski definition) is 0. The van der Waals surface area contributed by atoms with E-state index in [0.717, 1.165) is 24.2 Å². The predicted molar refractivity (Wildman–Crippen MR) is 106 cm³/mol. The van der Waals surface area contributed by atoms with Crippen LogP contribution < -0.4 is 4.90 Å². The Hall–Kier alpha value is -2.16. The van der Waals surface area contributed by atoms with E-state index in [-0.39, 0.29) is 22.4 Å². The molecular formula is C20H25N3O5S. The van der Waals surface area contributed by atoms with Crippen molar-refractivity contribution in [3.05, 3.63) is 28.3 Å². The summed E-state index contributed by atoms with van der Waals surface area (Å²) in [7, 11) is -3.52. The molecule has 1 unspecified atom stereocenters. The van der Waals surface area contributed by atoms with E-state index in [2.05, 4.69) is 0 Å². The number of rotatable bonds is 4. The van der Waals surface area contributed by atoms with E-state index < -0.39 is 14.8 Å². The standard InChI is InChI=1S/C20H25N3O5S/c1-29(27,28)14-4-5-15(16(11-14)23(25)26)21-6-8-22(9-7-21)20(24)19-17-12-2-3-13(10-12)18(17)19/h4-5,11-13,17-19H,2-3,6-10H2,1H3/t12-,13-,17-,18+,19?/m0/s1. The van der Waals surface area contributed by atoms with Gasteiger partial charge in [0.1, 0.15) is 5.69 Å². The van der Waals surface area contributed by atoms with E-state index in [1.165, 1.54) is 31.4 Å². The fourth-order valence-electron chi connectivity index (χ4n) is 6.18. The molecule has 29 heavy (non-hydrogen) atoms. The molecule has 1 aromatic carbocycles. The minimum absolute atomic E-state index is 0.0586. The highest BCUT2D eigenvalue weighted by Gasteiger charge is 2.68. The number of piperazine rings is 1. The second-order valence-electron chi connectivity index (χ2n) is 9.01. The molecule has 9 heteroatoms. The zero-order valence-corrected chi connectivity index (χ0v) is 17.2. The molecule has 1 aromatic rings. The summed E-state index contributed by atoms with van der Waals surface area (Å²) in [6, 6.07) is 4.05. The van der Waals surface area contributed by atoms with Crippen molar-refractivity contribution >= 4 is 27.1 Å². The van der Waals surface area contributed by atoms with Crippen LogP contribution in [-0.2, 0) is 14.6 Å². The molecule has 2 bridgehead atoms. The second-order valence-corrected chi connectivity index (χ2v) is 11.0. The van der Waals surface area contributed by atoms with E-state index >= 15 is 0 Å². The second kappa shape index (κ2) is 6.42. The summed E-state index contributed by atoms with van der Waals surface area (Å²) in [5, 5.41) is 11.5. The molecule has 3 saturated carbocycles. The van der Waals surface area contributed by atoms with Gasteiger partial charge in [-0.1, -0.05) is 0 Å². The number of hydrogen-bond acceptors (Lipinski definition) is 6. The van der Waals surface area contributed by atoms with Gasteiger partial charge < -0.3 is 9.80 Å². The SMILES string of the molecule is CS(=O)(=O)c1ccc(N2CCN(C(=O)C3[C@@H]4[C@H]5CC[C@@H](C5)[C@H]34)CC2)c([N+](=O)[O-])c1. The Morgan fingerprint density at radius 2 is 1.72 bits per heavy atom. The van der Waals surface area contributed by atoms with E-state index in [9.17, 15) is 23.3 Å². The Morgan fingerprint density at radius 1 is 1.10 bits per heavy atom. The molecule has 4 aliphatic rings. The summed E-state index contributed by atoms with van der Waals surface area (Å²) in [6.45, 7) is 2.13. The number of amides is 1. The number of sulfone groups is 1. The molecule has 1 amide bonds. The average Bonchev–Trinajstić information content (AvgIpc) is 3.12. The first kappa shape index (κ1) is 18.8.